The zero-order valence-electron chi connectivity index (χ0n) is 15.0. The van der Waals surface area contributed by atoms with E-state index >= 15 is 0 Å². The third-order valence-electron chi connectivity index (χ3n) is 4.51. The topological polar surface area (TPSA) is 61.4 Å². The summed E-state index contributed by atoms with van der Waals surface area (Å²) in [5.41, 5.74) is 0.209. The van der Waals surface area contributed by atoms with E-state index in [2.05, 4.69) is 38.3 Å². The summed E-state index contributed by atoms with van der Waals surface area (Å²) in [6.45, 7) is 8.64. The maximum atomic E-state index is 13.6. The van der Waals surface area contributed by atoms with Crippen LogP contribution < -0.4 is 10.6 Å². The van der Waals surface area contributed by atoms with Gasteiger partial charge in [-0.15, -0.1) is 0 Å². The van der Waals surface area contributed by atoms with Gasteiger partial charge in [0.2, 0.25) is 5.91 Å². The van der Waals surface area contributed by atoms with Gasteiger partial charge in [-0.1, -0.05) is 18.2 Å². The molecular weight excluding hydrogens is 307 g/mol. The number of aliphatic hydroxyl groups excluding tert-OH is 1. The van der Waals surface area contributed by atoms with Crippen LogP contribution in [0.25, 0.3) is 0 Å². The van der Waals surface area contributed by atoms with Gasteiger partial charge < -0.3 is 15.7 Å². The van der Waals surface area contributed by atoms with Gasteiger partial charge in [0, 0.05) is 29.6 Å². The zero-order valence-corrected chi connectivity index (χ0v) is 15.0. The van der Waals surface area contributed by atoms with E-state index in [1.165, 1.54) is 12.1 Å². The largest absolute Gasteiger partial charge is 0.386 e. The first kappa shape index (κ1) is 18.9. The minimum atomic E-state index is -1.03. The number of carbonyl (C=O) groups is 1. The smallest absolute Gasteiger partial charge is 0.220 e. The minimum Gasteiger partial charge on any atom is -0.386 e. The molecule has 1 aromatic rings. The number of amides is 1. The van der Waals surface area contributed by atoms with Crippen LogP contribution in [0.2, 0.25) is 0 Å². The lowest BCUT2D eigenvalue weighted by molar-refractivity contribution is -0.123. The van der Waals surface area contributed by atoms with Crippen LogP contribution in [0.3, 0.4) is 0 Å². The Bertz CT molecular complexity index is 570. The fourth-order valence-electron chi connectivity index (χ4n) is 4.08. The van der Waals surface area contributed by atoms with Crippen LogP contribution in [0.5, 0.6) is 0 Å². The average Bonchev–Trinajstić information content (AvgIpc) is 2.41. The molecule has 1 amide bonds. The highest BCUT2D eigenvalue weighted by molar-refractivity contribution is 5.76. The van der Waals surface area contributed by atoms with Crippen molar-refractivity contribution >= 4 is 5.91 Å². The number of piperidine rings is 1. The number of benzene rings is 1. The fourth-order valence-corrected chi connectivity index (χ4v) is 4.08. The number of rotatable bonds is 5. The number of carbonyl (C=O) groups excluding carboxylic acids is 1. The molecule has 0 aromatic heterocycles. The normalized spacial score (nSPS) is 21.2. The number of nitrogens with one attached hydrogen (secondary N) is 2. The third kappa shape index (κ3) is 5.28. The summed E-state index contributed by atoms with van der Waals surface area (Å²) in [5.74, 6) is -0.258. The van der Waals surface area contributed by atoms with Crippen molar-refractivity contribution < 1.29 is 14.3 Å². The van der Waals surface area contributed by atoms with E-state index in [-0.39, 0.29) is 29.1 Å². The number of aliphatic hydroxyl groups is 1. The lowest BCUT2D eigenvalue weighted by atomic mass is 9.74. The molecule has 0 aliphatic carbocycles. The van der Waals surface area contributed by atoms with Crippen molar-refractivity contribution in [3.05, 3.63) is 35.6 Å². The van der Waals surface area contributed by atoms with Crippen LogP contribution in [0.1, 0.15) is 58.6 Å². The summed E-state index contributed by atoms with van der Waals surface area (Å²) in [6, 6.07) is 6.08. The van der Waals surface area contributed by atoms with Crippen molar-refractivity contribution in [3.63, 3.8) is 0 Å². The summed E-state index contributed by atoms with van der Waals surface area (Å²) >= 11 is 0. The monoisotopic (exact) mass is 336 g/mol. The molecule has 0 saturated carbocycles. The highest BCUT2D eigenvalue weighted by Gasteiger charge is 2.38. The molecule has 1 atom stereocenters. The second-order valence-corrected chi connectivity index (χ2v) is 8.21. The van der Waals surface area contributed by atoms with E-state index in [1.807, 2.05) is 0 Å². The van der Waals surface area contributed by atoms with Crippen molar-refractivity contribution in [2.75, 3.05) is 6.54 Å². The Kier molecular flexibility index (Phi) is 5.66. The predicted octanol–water partition coefficient (Wildman–Crippen LogP) is 2.92. The summed E-state index contributed by atoms with van der Waals surface area (Å²) in [4.78, 5) is 12.2. The second kappa shape index (κ2) is 7.19. The Morgan fingerprint density at radius 2 is 1.88 bits per heavy atom. The van der Waals surface area contributed by atoms with Gasteiger partial charge in [-0.25, -0.2) is 4.39 Å². The molecule has 2 rings (SSSR count). The molecule has 1 aliphatic heterocycles. The van der Waals surface area contributed by atoms with E-state index in [4.69, 9.17) is 0 Å². The van der Waals surface area contributed by atoms with Crippen LogP contribution in [-0.2, 0) is 4.79 Å². The quantitative estimate of drug-likeness (QED) is 0.775. The van der Waals surface area contributed by atoms with Crippen LogP contribution in [0, 0.1) is 11.7 Å². The maximum absolute atomic E-state index is 13.6. The molecule has 5 heteroatoms. The first-order valence-electron chi connectivity index (χ1n) is 8.56. The lowest BCUT2D eigenvalue weighted by Gasteiger charge is -2.46. The molecule has 3 N–H and O–H groups in total. The van der Waals surface area contributed by atoms with Gasteiger partial charge in [0.1, 0.15) is 5.82 Å². The molecule has 1 fully saturated rings. The second-order valence-electron chi connectivity index (χ2n) is 8.21. The van der Waals surface area contributed by atoms with Gasteiger partial charge in [0.15, 0.2) is 0 Å². The molecule has 0 bridgehead atoms. The summed E-state index contributed by atoms with van der Waals surface area (Å²) in [6.07, 6.45) is 1.26. The molecule has 1 heterocycles. The summed E-state index contributed by atoms with van der Waals surface area (Å²) in [7, 11) is 0. The standard InChI is InChI=1S/C19H29FN2O2/c1-18(2)10-13(11-19(3,4)22-18)9-17(24)21-12-16(23)14-7-5-6-8-15(14)20/h5-8,13,16,22-23H,9-12H2,1-4H3,(H,21,24)/t16-/m0/s1. The highest BCUT2D eigenvalue weighted by Crippen LogP contribution is 2.34. The molecule has 0 unspecified atom stereocenters. The van der Waals surface area contributed by atoms with Crippen molar-refractivity contribution in [1.82, 2.24) is 10.6 Å². The van der Waals surface area contributed by atoms with Gasteiger partial charge in [0.05, 0.1) is 6.10 Å². The van der Waals surface area contributed by atoms with Gasteiger partial charge in [-0.05, 0) is 52.5 Å². The fraction of sp³-hybridized carbons (Fsp3) is 0.632. The van der Waals surface area contributed by atoms with Crippen molar-refractivity contribution in [2.24, 2.45) is 5.92 Å². The Morgan fingerprint density at radius 1 is 1.29 bits per heavy atom. The number of hydrogen-bond acceptors (Lipinski definition) is 3. The Morgan fingerprint density at radius 3 is 2.46 bits per heavy atom. The van der Waals surface area contributed by atoms with Crippen LogP contribution in [-0.4, -0.2) is 28.6 Å². The predicted molar refractivity (Wildman–Crippen MR) is 93.0 cm³/mol. The number of hydrogen-bond donors (Lipinski definition) is 3. The van der Waals surface area contributed by atoms with E-state index < -0.39 is 11.9 Å². The van der Waals surface area contributed by atoms with Crippen LogP contribution >= 0.6 is 0 Å². The molecule has 24 heavy (non-hydrogen) atoms. The van der Waals surface area contributed by atoms with Gasteiger partial charge >= 0.3 is 0 Å². The van der Waals surface area contributed by atoms with Crippen molar-refractivity contribution in [2.45, 2.75) is 64.1 Å². The van der Waals surface area contributed by atoms with Gasteiger partial charge in [0.25, 0.3) is 0 Å². The minimum absolute atomic E-state index is 0.000617. The van der Waals surface area contributed by atoms with E-state index in [9.17, 15) is 14.3 Å². The third-order valence-corrected chi connectivity index (χ3v) is 4.51. The average molecular weight is 336 g/mol. The SMILES string of the molecule is CC1(C)CC(CC(=O)NC[C@H](O)c2ccccc2F)CC(C)(C)N1. The Labute approximate surface area is 143 Å². The maximum Gasteiger partial charge on any atom is 0.220 e. The van der Waals surface area contributed by atoms with Crippen LogP contribution in [0.15, 0.2) is 24.3 Å². The van der Waals surface area contributed by atoms with Crippen molar-refractivity contribution in [1.29, 1.82) is 0 Å². The Balaban J connectivity index is 1.86. The summed E-state index contributed by atoms with van der Waals surface area (Å²) in [5, 5.41) is 16.4. The number of halogens is 1. The van der Waals surface area contributed by atoms with E-state index in [0.29, 0.717) is 12.3 Å². The molecule has 1 aromatic carbocycles. The molecule has 1 saturated heterocycles. The van der Waals surface area contributed by atoms with Gasteiger partial charge in [-0.3, -0.25) is 4.79 Å². The van der Waals surface area contributed by atoms with E-state index in [0.717, 1.165) is 12.8 Å². The highest BCUT2D eigenvalue weighted by atomic mass is 19.1. The molecule has 4 nitrogen and oxygen atoms in total. The Hall–Kier alpha value is -1.46. The first-order chi connectivity index (χ1) is 11.1. The van der Waals surface area contributed by atoms with Crippen LogP contribution in [0.4, 0.5) is 4.39 Å². The molecule has 0 radical (unpaired) electrons. The van der Waals surface area contributed by atoms with Crippen molar-refractivity contribution in [3.8, 4) is 0 Å². The molecule has 134 valence electrons. The van der Waals surface area contributed by atoms with Gasteiger partial charge in [-0.2, -0.15) is 0 Å². The first-order valence-corrected chi connectivity index (χ1v) is 8.56. The summed E-state index contributed by atoms with van der Waals surface area (Å²) < 4.78 is 13.6. The lowest BCUT2D eigenvalue weighted by Crippen LogP contribution is -2.58. The molecule has 0 spiro atoms. The molecular formula is C19H29FN2O2. The van der Waals surface area contributed by atoms with E-state index in [1.54, 1.807) is 12.1 Å². The molecule has 1 aliphatic rings. The zero-order chi connectivity index (χ0) is 18.0.